The van der Waals surface area contributed by atoms with Gasteiger partial charge in [-0.05, 0) is 62.3 Å². The van der Waals surface area contributed by atoms with Crippen LogP contribution in [-0.2, 0) is 23.8 Å². The second-order valence-electron chi connectivity index (χ2n) is 8.68. The highest BCUT2D eigenvalue weighted by atomic mass is 15.3. The molecule has 4 aliphatic rings. The SMILES string of the molecule is c1ccc(C23CCC(c4nnc5n4CCCCCC5)(CC2)CC3)cc1. The Morgan fingerprint density at radius 1 is 0.720 bits per heavy atom. The van der Waals surface area contributed by atoms with Crippen LogP contribution in [0.25, 0.3) is 0 Å². The lowest BCUT2D eigenvalue weighted by Gasteiger charge is -2.53. The smallest absolute Gasteiger partial charge is 0.139 e. The Labute approximate surface area is 150 Å². The number of aryl methyl sites for hydroxylation is 1. The number of benzene rings is 1. The molecule has 0 unspecified atom stereocenters. The third-order valence-corrected chi connectivity index (χ3v) is 7.47. The molecule has 1 aromatic heterocycles. The monoisotopic (exact) mass is 335 g/mol. The summed E-state index contributed by atoms with van der Waals surface area (Å²) in [5, 5.41) is 9.41. The molecule has 25 heavy (non-hydrogen) atoms. The van der Waals surface area contributed by atoms with E-state index in [1.807, 2.05) is 0 Å². The molecule has 1 aliphatic heterocycles. The van der Waals surface area contributed by atoms with Gasteiger partial charge in [0.1, 0.15) is 11.6 Å². The first-order chi connectivity index (χ1) is 12.3. The highest BCUT2D eigenvalue weighted by Gasteiger charge is 2.52. The van der Waals surface area contributed by atoms with Crippen molar-refractivity contribution < 1.29 is 0 Å². The maximum absolute atomic E-state index is 4.78. The average Bonchev–Trinajstić information content (AvgIpc) is 3.06. The molecule has 132 valence electrons. The van der Waals surface area contributed by atoms with Gasteiger partial charge in [-0.25, -0.2) is 0 Å². The van der Waals surface area contributed by atoms with E-state index in [1.54, 1.807) is 5.56 Å². The van der Waals surface area contributed by atoms with E-state index < -0.39 is 0 Å². The summed E-state index contributed by atoms with van der Waals surface area (Å²) in [5.41, 5.74) is 2.31. The normalized spacial score (nSPS) is 32.0. The van der Waals surface area contributed by atoms with Crippen molar-refractivity contribution in [1.82, 2.24) is 14.8 Å². The molecular weight excluding hydrogens is 306 g/mol. The molecule has 2 heterocycles. The zero-order valence-electron chi connectivity index (χ0n) is 15.2. The van der Waals surface area contributed by atoms with Crippen molar-refractivity contribution in [3.63, 3.8) is 0 Å². The number of aromatic nitrogens is 3. The first-order valence-corrected chi connectivity index (χ1v) is 10.3. The summed E-state index contributed by atoms with van der Waals surface area (Å²) in [6.45, 7) is 1.14. The molecule has 0 spiro atoms. The molecule has 0 atom stereocenters. The molecule has 0 amide bonds. The number of rotatable bonds is 2. The van der Waals surface area contributed by atoms with Gasteiger partial charge >= 0.3 is 0 Å². The molecule has 0 saturated heterocycles. The molecule has 6 rings (SSSR count). The van der Waals surface area contributed by atoms with Gasteiger partial charge in [-0.15, -0.1) is 10.2 Å². The summed E-state index contributed by atoms with van der Waals surface area (Å²) in [4.78, 5) is 0. The van der Waals surface area contributed by atoms with Crippen LogP contribution < -0.4 is 0 Å². The lowest BCUT2D eigenvalue weighted by Crippen LogP contribution is -2.47. The number of hydrogen-bond donors (Lipinski definition) is 0. The van der Waals surface area contributed by atoms with Crippen molar-refractivity contribution >= 4 is 0 Å². The topological polar surface area (TPSA) is 30.7 Å². The lowest BCUT2D eigenvalue weighted by atomic mass is 9.51. The van der Waals surface area contributed by atoms with Crippen molar-refractivity contribution in [2.24, 2.45) is 0 Å². The van der Waals surface area contributed by atoms with E-state index in [4.69, 9.17) is 5.10 Å². The Kier molecular flexibility index (Phi) is 3.72. The molecule has 0 radical (unpaired) electrons. The van der Waals surface area contributed by atoms with Gasteiger partial charge in [0.25, 0.3) is 0 Å². The minimum absolute atomic E-state index is 0.307. The fraction of sp³-hybridized carbons (Fsp3) is 0.636. The van der Waals surface area contributed by atoms with Gasteiger partial charge in [0.15, 0.2) is 0 Å². The second-order valence-corrected chi connectivity index (χ2v) is 8.68. The van der Waals surface area contributed by atoms with Crippen molar-refractivity contribution in [3.8, 4) is 0 Å². The van der Waals surface area contributed by atoms with Crippen LogP contribution in [0.5, 0.6) is 0 Å². The Hall–Kier alpha value is -1.64. The summed E-state index contributed by atoms with van der Waals surface area (Å²) < 4.78 is 2.53. The average molecular weight is 335 g/mol. The van der Waals surface area contributed by atoms with E-state index in [-0.39, 0.29) is 0 Å². The van der Waals surface area contributed by atoms with Gasteiger partial charge in [0, 0.05) is 18.4 Å². The van der Waals surface area contributed by atoms with E-state index in [1.165, 1.54) is 75.9 Å². The molecule has 3 fully saturated rings. The van der Waals surface area contributed by atoms with Crippen LogP contribution in [0.2, 0.25) is 0 Å². The number of hydrogen-bond acceptors (Lipinski definition) is 2. The zero-order valence-corrected chi connectivity index (χ0v) is 15.2. The minimum Gasteiger partial charge on any atom is -0.315 e. The molecule has 3 nitrogen and oxygen atoms in total. The zero-order chi connectivity index (χ0) is 16.7. The molecule has 3 aliphatic carbocycles. The largest absolute Gasteiger partial charge is 0.315 e. The lowest BCUT2D eigenvalue weighted by molar-refractivity contribution is 0.0919. The van der Waals surface area contributed by atoms with Crippen LogP contribution in [0, 0.1) is 0 Å². The summed E-state index contributed by atoms with van der Waals surface area (Å²) in [5.74, 6) is 2.60. The number of nitrogens with zero attached hydrogens (tertiary/aromatic N) is 3. The number of fused-ring (bicyclic) bond motifs is 4. The first kappa shape index (κ1) is 15.6. The summed E-state index contributed by atoms with van der Waals surface area (Å²) >= 11 is 0. The van der Waals surface area contributed by atoms with Crippen LogP contribution in [-0.4, -0.2) is 14.8 Å². The van der Waals surface area contributed by atoms with Gasteiger partial charge in [0.2, 0.25) is 0 Å². The summed E-state index contributed by atoms with van der Waals surface area (Å²) in [6.07, 6.45) is 14.2. The standard InChI is InChI=1S/C22H29N3/c1-2-7-17-25-19(10-6-1)23-24-20(25)22-14-11-21(12-15-22,13-16-22)18-8-4-3-5-9-18/h3-5,8-9H,1-2,6-7,10-17H2. The van der Waals surface area contributed by atoms with Crippen LogP contribution in [0.3, 0.4) is 0 Å². The third-order valence-electron chi connectivity index (χ3n) is 7.47. The van der Waals surface area contributed by atoms with Crippen LogP contribution in [0.4, 0.5) is 0 Å². The van der Waals surface area contributed by atoms with Crippen LogP contribution >= 0.6 is 0 Å². The van der Waals surface area contributed by atoms with E-state index in [0.29, 0.717) is 10.8 Å². The maximum atomic E-state index is 4.78. The summed E-state index contributed by atoms with van der Waals surface area (Å²) in [6, 6.07) is 11.3. The first-order valence-electron chi connectivity index (χ1n) is 10.3. The van der Waals surface area contributed by atoms with Crippen molar-refractivity contribution in [2.75, 3.05) is 0 Å². The molecular formula is C22H29N3. The highest BCUT2D eigenvalue weighted by Crippen LogP contribution is 2.58. The van der Waals surface area contributed by atoms with Crippen molar-refractivity contribution in [2.45, 2.75) is 88.0 Å². The molecule has 3 heteroatoms. The fourth-order valence-electron chi connectivity index (χ4n) is 5.80. The molecule has 0 N–H and O–H groups in total. The second kappa shape index (κ2) is 5.96. The third kappa shape index (κ3) is 2.46. The molecule has 3 saturated carbocycles. The Balaban J connectivity index is 1.44. The Bertz CT molecular complexity index is 721. The van der Waals surface area contributed by atoms with E-state index in [2.05, 4.69) is 40.0 Å². The van der Waals surface area contributed by atoms with Crippen LogP contribution in [0.15, 0.2) is 30.3 Å². The van der Waals surface area contributed by atoms with Crippen LogP contribution in [0.1, 0.15) is 81.4 Å². The Morgan fingerprint density at radius 2 is 1.40 bits per heavy atom. The fourth-order valence-corrected chi connectivity index (χ4v) is 5.80. The van der Waals surface area contributed by atoms with Gasteiger partial charge < -0.3 is 4.57 Å². The van der Waals surface area contributed by atoms with Gasteiger partial charge in [0.05, 0.1) is 0 Å². The van der Waals surface area contributed by atoms with Gasteiger partial charge in [-0.2, -0.15) is 0 Å². The quantitative estimate of drug-likeness (QED) is 0.778. The summed E-state index contributed by atoms with van der Waals surface area (Å²) in [7, 11) is 0. The van der Waals surface area contributed by atoms with Crippen molar-refractivity contribution in [3.05, 3.63) is 47.5 Å². The maximum Gasteiger partial charge on any atom is 0.139 e. The van der Waals surface area contributed by atoms with Gasteiger partial charge in [-0.1, -0.05) is 43.2 Å². The van der Waals surface area contributed by atoms with Gasteiger partial charge in [-0.3, -0.25) is 0 Å². The molecule has 1 aromatic carbocycles. The molecule has 2 aromatic rings. The van der Waals surface area contributed by atoms with Crippen molar-refractivity contribution in [1.29, 1.82) is 0 Å². The minimum atomic E-state index is 0.307. The predicted octanol–water partition coefficient (Wildman–Crippen LogP) is 4.94. The Morgan fingerprint density at radius 3 is 2.16 bits per heavy atom. The van der Waals surface area contributed by atoms with E-state index >= 15 is 0 Å². The highest BCUT2D eigenvalue weighted by molar-refractivity contribution is 5.31. The predicted molar refractivity (Wildman–Crippen MR) is 99.7 cm³/mol. The molecule has 2 bridgehead atoms. The van der Waals surface area contributed by atoms with E-state index in [0.717, 1.165) is 13.0 Å². The van der Waals surface area contributed by atoms with E-state index in [9.17, 15) is 0 Å².